The van der Waals surface area contributed by atoms with E-state index in [4.69, 9.17) is 0 Å². The highest BCUT2D eigenvalue weighted by Crippen LogP contribution is 2.28. The molecule has 4 nitrogen and oxygen atoms in total. The molecule has 1 aromatic carbocycles. The molecular weight excluding hydrogens is 352 g/mol. The fourth-order valence-electron chi connectivity index (χ4n) is 2.81. The topological polar surface area (TPSA) is 43.6 Å². The van der Waals surface area contributed by atoms with Crippen molar-refractivity contribution in [3.05, 3.63) is 72.6 Å². The van der Waals surface area contributed by atoms with Gasteiger partial charge < -0.3 is 0 Å². The smallest absolute Gasteiger partial charge is 0.191 e. The van der Waals surface area contributed by atoms with E-state index in [1.54, 1.807) is 11.8 Å². The lowest BCUT2D eigenvalue weighted by Gasteiger charge is -2.19. The van der Waals surface area contributed by atoms with Crippen molar-refractivity contribution in [3.8, 4) is 11.4 Å². The first-order valence-electron chi connectivity index (χ1n) is 9.17. The molecule has 2 aromatic heterocycles. The standard InChI is InChI=1S/C22H26N4S/c1-5-15-26-20(17-9-11-18(12-10-17)22(2,3)4)24-25-21(26)27-16-13-19-8-6-7-14-23-19/h5-12,14H,1,13,15-16H2,2-4H3. The van der Waals surface area contributed by atoms with Crippen LogP contribution >= 0.6 is 11.8 Å². The van der Waals surface area contributed by atoms with Crippen molar-refractivity contribution in [1.82, 2.24) is 19.7 Å². The van der Waals surface area contributed by atoms with Crippen LogP contribution < -0.4 is 0 Å². The number of benzene rings is 1. The van der Waals surface area contributed by atoms with Gasteiger partial charge in [0.2, 0.25) is 0 Å². The molecule has 3 rings (SSSR count). The van der Waals surface area contributed by atoms with Gasteiger partial charge in [-0.2, -0.15) is 0 Å². The summed E-state index contributed by atoms with van der Waals surface area (Å²) in [5, 5.41) is 9.79. The van der Waals surface area contributed by atoms with E-state index in [0.29, 0.717) is 6.54 Å². The molecule has 0 spiro atoms. The van der Waals surface area contributed by atoms with Gasteiger partial charge in [0.1, 0.15) is 0 Å². The predicted octanol–water partition coefficient (Wildman–Crippen LogP) is 5.16. The second-order valence-corrected chi connectivity index (χ2v) is 8.51. The maximum atomic E-state index is 4.45. The summed E-state index contributed by atoms with van der Waals surface area (Å²) in [6.45, 7) is 11.2. The fraction of sp³-hybridized carbons (Fsp3) is 0.318. The zero-order chi connectivity index (χ0) is 19.3. The van der Waals surface area contributed by atoms with Crippen LogP contribution in [0.1, 0.15) is 32.0 Å². The first-order chi connectivity index (χ1) is 13.0. The molecule has 0 atom stereocenters. The van der Waals surface area contributed by atoms with Crippen molar-refractivity contribution >= 4 is 11.8 Å². The molecular formula is C22H26N4S. The Bertz CT molecular complexity index is 877. The number of rotatable bonds is 7. The first-order valence-corrected chi connectivity index (χ1v) is 10.2. The maximum absolute atomic E-state index is 4.45. The molecule has 27 heavy (non-hydrogen) atoms. The van der Waals surface area contributed by atoms with Crippen molar-refractivity contribution in [3.63, 3.8) is 0 Å². The van der Waals surface area contributed by atoms with Crippen LogP contribution in [0.15, 0.2) is 66.5 Å². The molecule has 0 radical (unpaired) electrons. The minimum absolute atomic E-state index is 0.139. The van der Waals surface area contributed by atoms with Crippen molar-refractivity contribution in [2.24, 2.45) is 0 Å². The molecule has 0 unspecified atom stereocenters. The molecule has 140 valence electrons. The average molecular weight is 379 g/mol. The lowest BCUT2D eigenvalue weighted by molar-refractivity contribution is 0.590. The Morgan fingerprint density at radius 2 is 1.85 bits per heavy atom. The minimum atomic E-state index is 0.139. The molecule has 0 aliphatic rings. The Hall–Kier alpha value is -2.40. The number of thioether (sulfide) groups is 1. The Labute approximate surface area is 165 Å². The molecule has 2 heterocycles. The number of aryl methyl sites for hydroxylation is 1. The van der Waals surface area contributed by atoms with E-state index in [1.165, 1.54) is 5.56 Å². The van der Waals surface area contributed by atoms with E-state index in [0.717, 1.165) is 34.4 Å². The SMILES string of the molecule is C=CCn1c(SCCc2ccccn2)nnc1-c1ccc(C(C)(C)C)cc1. The Balaban J connectivity index is 1.77. The maximum Gasteiger partial charge on any atom is 0.191 e. The third kappa shape index (κ3) is 4.86. The zero-order valence-electron chi connectivity index (χ0n) is 16.2. The molecule has 5 heteroatoms. The van der Waals surface area contributed by atoms with Gasteiger partial charge in [0.05, 0.1) is 0 Å². The summed E-state index contributed by atoms with van der Waals surface area (Å²) in [5.41, 5.74) is 3.62. The van der Waals surface area contributed by atoms with Gasteiger partial charge in [-0.15, -0.1) is 16.8 Å². The number of nitrogens with zero attached hydrogens (tertiary/aromatic N) is 4. The molecule has 0 fully saturated rings. The van der Waals surface area contributed by atoms with E-state index in [1.807, 2.05) is 24.4 Å². The molecule has 0 amide bonds. The van der Waals surface area contributed by atoms with Crippen molar-refractivity contribution in [2.45, 2.75) is 44.3 Å². The largest absolute Gasteiger partial charge is 0.298 e. The summed E-state index contributed by atoms with van der Waals surface area (Å²) in [5.74, 6) is 1.80. The minimum Gasteiger partial charge on any atom is -0.298 e. The van der Waals surface area contributed by atoms with Crippen LogP contribution in [-0.4, -0.2) is 25.5 Å². The highest BCUT2D eigenvalue weighted by molar-refractivity contribution is 7.99. The molecule has 0 N–H and O–H groups in total. The van der Waals surface area contributed by atoms with Crippen LogP contribution in [0.2, 0.25) is 0 Å². The van der Waals surface area contributed by atoms with Crippen molar-refractivity contribution in [1.29, 1.82) is 0 Å². The van der Waals surface area contributed by atoms with Crippen LogP contribution in [0, 0.1) is 0 Å². The summed E-state index contributed by atoms with van der Waals surface area (Å²) in [4.78, 5) is 4.38. The zero-order valence-corrected chi connectivity index (χ0v) is 17.0. The summed E-state index contributed by atoms with van der Waals surface area (Å²) >= 11 is 1.71. The van der Waals surface area contributed by atoms with E-state index in [9.17, 15) is 0 Å². The van der Waals surface area contributed by atoms with Gasteiger partial charge in [0.15, 0.2) is 11.0 Å². The first kappa shape index (κ1) is 19.4. The molecule has 0 aliphatic heterocycles. The second-order valence-electron chi connectivity index (χ2n) is 7.45. The van der Waals surface area contributed by atoms with Gasteiger partial charge in [-0.05, 0) is 29.5 Å². The van der Waals surface area contributed by atoms with Gasteiger partial charge in [-0.1, -0.05) is 68.9 Å². The third-order valence-corrected chi connectivity index (χ3v) is 5.32. The Kier molecular flexibility index (Phi) is 6.11. The van der Waals surface area contributed by atoms with Gasteiger partial charge in [-0.25, -0.2) is 0 Å². The normalized spacial score (nSPS) is 11.5. The average Bonchev–Trinajstić information content (AvgIpc) is 3.05. The van der Waals surface area contributed by atoms with Gasteiger partial charge in [0.25, 0.3) is 0 Å². The van der Waals surface area contributed by atoms with E-state index >= 15 is 0 Å². The Morgan fingerprint density at radius 1 is 1.07 bits per heavy atom. The number of aromatic nitrogens is 4. The number of hydrogen-bond acceptors (Lipinski definition) is 4. The summed E-state index contributed by atoms with van der Waals surface area (Å²) in [7, 11) is 0. The van der Waals surface area contributed by atoms with Gasteiger partial charge in [0, 0.05) is 29.8 Å². The summed E-state index contributed by atoms with van der Waals surface area (Å²) in [6.07, 6.45) is 4.63. The van der Waals surface area contributed by atoms with Crippen molar-refractivity contribution < 1.29 is 0 Å². The fourth-order valence-corrected chi connectivity index (χ4v) is 3.72. The van der Waals surface area contributed by atoms with E-state index < -0.39 is 0 Å². The van der Waals surface area contributed by atoms with Gasteiger partial charge in [-0.3, -0.25) is 9.55 Å². The van der Waals surface area contributed by atoms with E-state index in [-0.39, 0.29) is 5.41 Å². The van der Waals surface area contributed by atoms with Crippen molar-refractivity contribution in [2.75, 3.05) is 5.75 Å². The monoisotopic (exact) mass is 378 g/mol. The lowest BCUT2D eigenvalue weighted by Crippen LogP contribution is -2.10. The van der Waals surface area contributed by atoms with Crippen LogP contribution in [0.25, 0.3) is 11.4 Å². The van der Waals surface area contributed by atoms with Crippen LogP contribution in [0.4, 0.5) is 0 Å². The predicted molar refractivity (Wildman–Crippen MR) is 113 cm³/mol. The quantitative estimate of drug-likeness (QED) is 0.421. The third-order valence-electron chi connectivity index (χ3n) is 4.35. The highest BCUT2D eigenvalue weighted by Gasteiger charge is 2.16. The lowest BCUT2D eigenvalue weighted by atomic mass is 9.87. The van der Waals surface area contributed by atoms with Crippen LogP contribution in [-0.2, 0) is 18.4 Å². The van der Waals surface area contributed by atoms with Gasteiger partial charge >= 0.3 is 0 Å². The number of hydrogen-bond donors (Lipinski definition) is 0. The van der Waals surface area contributed by atoms with Crippen LogP contribution in [0.3, 0.4) is 0 Å². The molecule has 0 saturated carbocycles. The molecule has 0 aliphatic carbocycles. The number of allylic oxidation sites excluding steroid dienone is 1. The van der Waals surface area contributed by atoms with E-state index in [2.05, 4.69) is 77.4 Å². The second kappa shape index (κ2) is 8.53. The molecule has 0 saturated heterocycles. The van der Waals surface area contributed by atoms with Crippen LogP contribution in [0.5, 0.6) is 0 Å². The summed E-state index contributed by atoms with van der Waals surface area (Å²) < 4.78 is 2.13. The Morgan fingerprint density at radius 3 is 2.48 bits per heavy atom. The highest BCUT2D eigenvalue weighted by atomic mass is 32.2. The molecule has 3 aromatic rings. The summed E-state index contributed by atoms with van der Waals surface area (Å²) in [6, 6.07) is 14.6. The molecule has 0 bridgehead atoms. The number of pyridine rings is 1.